The van der Waals surface area contributed by atoms with Crippen LogP contribution in [0.1, 0.15) is 30.6 Å². The molecule has 1 heterocycles. The second-order valence-corrected chi connectivity index (χ2v) is 5.02. The number of likely N-dealkylation sites (tertiary alicyclic amines) is 1. The number of amides is 1. The number of carbonyl (C=O) groups is 1. The van der Waals surface area contributed by atoms with Gasteiger partial charge in [-0.25, -0.2) is 0 Å². The number of ether oxygens (including phenoxy) is 1. The Morgan fingerprint density at radius 3 is 2.68 bits per heavy atom. The summed E-state index contributed by atoms with van der Waals surface area (Å²) >= 11 is 0. The Labute approximate surface area is 114 Å². The van der Waals surface area contributed by atoms with E-state index in [0.717, 1.165) is 18.7 Å². The Balaban J connectivity index is 2.11. The molecule has 1 aromatic carbocycles. The highest BCUT2D eigenvalue weighted by Gasteiger charge is 2.33. The minimum atomic E-state index is 0.0721. The monoisotopic (exact) mass is 262 g/mol. The molecule has 4 heteroatoms. The summed E-state index contributed by atoms with van der Waals surface area (Å²) < 4.78 is 5.38. The van der Waals surface area contributed by atoms with Crippen LogP contribution in [-0.4, -0.2) is 36.5 Å². The zero-order valence-corrected chi connectivity index (χ0v) is 11.6. The van der Waals surface area contributed by atoms with Crippen LogP contribution in [0.3, 0.4) is 0 Å². The van der Waals surface area contributed by atoms with Gasteiger partial charge in [-0.2, -0.15) is 0 Å². The highest BCUT2D eigenvalue weighted by molar-refractivity contribution is 5.94. The molecule has 1 fully saturated rings. The largest absolute Gasteiger partial charge is 0.494 e. The quantitative estimate of drug-likeness (QED) is 0.901. The van der Waals surface area contributed by atoms with Gasteiger partial charge < -0.3 is 15.4 Å². The predicted octanol–water partition coefficient (Wildman–Crippen LogP) is 1.89. The molecule has 1 aliphatic heterocycles. The lowest BCUT2D eigenvalue weighted by molar-refractivity contribution is 0.0727. The van der Waals surface area contributed by atoms with Crippen LogP contribution in [0.4, 0.5) is 0 Å². The lowest BCUT2D eigenvalue weighted by atomic mass is 10.0. The van der Waals surface area contributed by atoms with Crippen LogP contribution in [0.15, 0.2) is 24.3 Å². The van der Waals surface area contributed by atoms with Crippen molar-refractivity contribution in [2.24, 2.45) is 11.7 Å². The van der Waals surface area contributed by atoms with Crippen LogP contribution >= 0.6 is 0 Å². The SMILES string of the molecule is CCOc1ccc(C(=O)N2CCC(C)C2CN)cc1. The number of nitrogens with zero attached hydrogens (tertiary/aromatic N) is 1. The van der Waals surface area contributed by atoms with Crippen molar-refractivity contribution < 1.29 is 9.53 Å². The van der Waals surface area contributed by atoms with E-state index >= 15 is 0 Å². The minimum Gasteiger partial charge on any atom is -0.494 e. The molecule has 0 bridgehead atoms. The molecule has 0 spiro atoms. The summed E-state index contributed by atoms with van der Waals surface area (Å²) in [6.45, 7) is 6.06. The Morgan fingerprint density at radius 1 is 1.42 bits per heavy atom. The Morgan fingerprint density at radius 2 is 2.11 bits per heavy atom. The van der Waals surface area contributed by atoms with Gasteiger partial charge in [-0.05, 0) is 43.5 Å². The first-order valence-electron chi connectivity index (χ1n) is 6.91. The van der Waals surface area contributed by atoms with Gasteiger partial charge in [0.2, 0.25) is 0 Å². The summed E-state index contributed by atoms with van der Waals surface area (Å²) in [6, 6.07) is 7.49. The first-order chi connectivity index (χ1) is 9.17. The van der Waals surface area contributed by atoms with Crippen LogP contribution < -0.4 is 10.5 Å². The van der Waals surface area contributed by atoms with E-state index in [1.54, 1.807) is 0 Å². The van der Waals surface area contributed by atoms with Crippen molar-refractivity contribution in [3.8, 4) is 5.75 Å². The van der Waals surface area contributed by atoms with Crippen LogP contribution in [-0.2, 0) is 0 Å². The van der Waals surface area contributed by atoms with Gasteiger partial charge in [0.05, 0.1) is 6.61 Å². The zero-order valence-electron chi connectivity index (χ0n) is 11.6. The van der Waals surface area contributed by atoms with E-state index in [4.69, 9.17) is 10.5 Å². The van der Waals surface area contributed by atoms with Crippen LogP contribution in [0.5, 0.6) is 5.75 Å². The number of nitrogens with two attached hydrogens (primary N) is 1. The molecule has 2 atom stereocenters. The Bertz CT molecular complexity index is 430. The lowest BCUT2D eigenvalue weighted by Gasteiger charge is -2.25. The fourth-order valence-corrected chi connectivity index (χ4v) is 2.65. The van der Waals surface area contributed by atoms with E-state index in [1.165, 1.54) is 0 Å². The van der Waals surface area contributed by atoms with E-state index in [9.17, 15) is 4.79 Å². The first-order valence-corrected chi connectivity index (χ1v) is 6.91. The Kier molecular flexibility index (Phi) is 4.43. The predicted molar refractivity (Wildman–Crippen MR) is 75.3 cm³/mol. The molecular weight excluding hydrogens is 240 g/mol. The number of hydrogen-bond acceptors (Lipinski definition) is 3. The van der Waals surface area contributed by atoms with Crippen molar-refractivity contribution in [1.29, 1.82) is 0 Å². The highest BCUT2D eigenvalue weighted by atomic mass is 16.5. The van der Waals surface area contributed by atoms with Gasteiger partial charge in [-0.3, -0.25) is 4.79 Å². The second kappa shape index (κ2) is 6.06. The van der Waals surface area contributed by atoms with Crippen LogP contribution in [0.25, 0.3) is 0 Å². The molecule has 0 radical (unpaired) electrons. The summed E-state index contributed by atoms with van der Waals surface area (Å²) in [5.41, 5.74) is 6.48. The zero-order chi connectivity index (χ0) is 13.8. The van der Waals surface area contributed by atoms with Crippen molar-refractivity contribution in [3.63, 3.8) is 0 Å². The number of carbonyl (C=O) groups excluding carboxylic acids is 1. The third kappa shape index (κ3) is 2.89. The van der Waals surface area contributed by atoms with Gasteiger partial charge in [0.25, 0.3) is 5.91 Å². The van der Waals surface area contributed by atoms with E-state index < -0.39 is 0 Å². The van der Waals surface area contributed by atoms with E-state index in [2.05, 4.69) is 6.92 Å². The van der Waals surface area contributed by atoms with Crippen LogP contribution in [0, 0.1) is 5.92 Å². The average molecular weight is 262 g/mol. The summed E-state index contributed by atoms with van der Waals surface area (Å²) in [5.74, 6) is 1.35. The lowest BCUT2D eigenvalue weighted by Crippen LogP contribution is -2.42. The van der Waals surface area contributed by atoms with Gasteiger partial charge in [0, 0.05) is 24.7 Å². The van der Waals surface area contributed by atoms with Crippen molar-refractivity contribution in [1.82, 2.24) is 4.90 Å². The van der Waals surface area contributed by atoms with Crippen LogP contribution in [0.2, 0.25) is 0 Å². The molecule has 104 valence electrons. The summed E-state index contributed by atoms with van der Waals surface area (Å²) in [5, 5.41) is 0. The van der Waals surface area contributed by atoms with Crippen molar-refractivity contribution in [3.05, 3.63) is 29.8 Å². The molecule has 1 aliphatic rings. The molecule has 2 rings (SSSR count). The fourth-order valence-electron chi connectivity index (χ4n) is 2.65. The highest BCUT2D eigenvalue weighted by Crippen LogP contribution is 2.25. The Hall–Kier alpha value is -1.55. The molecule has 2 N–H and O–H groups in total. The number of hydrogen-bond donors (Lipinski definition) is 1. The minimum absolute atomic E-state index is 0.0721. The first kappa shape index (κ1) is 13.9. The maximum atomic E-state index is 12.5. The molecule has 2 unspecified atom stereocenters. The van der Waals surface area contributed by atoms with E-state index in [1.807, 2.05) is 36.1 Å². The second-order valence-electron chi connectivity index (χ2n) is 5.02. The molecule has 19 heavy (non-hydrogen) atoms. The molecule has 0 saturated carbocycles. The summed E-state index contributed by atoms with van der Waals surface area (Å²) in [6.07, 6.45) is 1.03. The molecule has 1 amide bonds. The third-order valence-corrected chi connectivity index (χ3v) is 3.80. The molecular formula is C15H22N2O2. The number of benzene rings is 1. The normalized spacial score (nSPS) is 22.6. The van der Waals surface area contributed by atoms with Gasteiger partial charge in [0.1, 0.15) is 5.75 Å². The van der Waals surface area contributed by atoms with Gasteiger partial charge >= 0.3 is 0 Å². The van der Waals surface area contributed by atoms with Gasteiger partial charge in [-0.1, -0.05) is 6.92 Å². The van der Waals surface area contributed by atoms with Crippen molar-refractivity contribution >= 4 is 5.91 Å². The molecule has 4 nitrogen and oxygen atoms in total. The van der Waals surface area contributed by atoms with Gasteiger partial charge in [0.15, 0.2) is 0 Å². The molecule has 1 saturated heterocycles. The molecule has 1 aromatic rings. The number of rotatable bonds is 4. The fraction of sp³-hybridized carbons (Fsp3) is 0.533. The smallest absolute Gasteiger partial charge is 0.254 e. The van der Waals surface area contributed by atoms with E-state index in [-0.39, 0.29) is 11.9 Å². The molecule has 0 aromatic heterocycles. The standard InChI is InChI=1S/C15H22N2O2/c1-3-19-13-6-4-12(5-7-13)15(18)17-9-8-11(2)14(17)10-16/h4-7,11,14H,3,8-10,16H2,1-2H3. The summed E-state index contributed by atoms with van der Waals surface area (Å²) in [7, 11) is 0. The topological polar surface area (TPSA) is 55.6 Å². The average Bonchev–Trinajstić information content (AvgIpc) is 2.80. The maximum absolute atomic E-state index is 12.5. The van der Waals surface area contributed by atoms with Crippen molar-refractivity contribution in [2.75, 3.05) is 19.7 Å². The van der Waals surface area contributed by atoms with E-state index in [0.29, 0.717) is 24.6 Å². The molecule has 0 aliphatic carbocycles. The van der Waals surface area contributed by atoms with Gasteiger partial charge in [-0.15, -0.1) is 0 Å². The third-order valence-electron chi connectivity index (χ3n) is 3.80. The maximum Gasteiger partial charge on any atom is 0.254 e. The van der Waals surface area contributed by atoms with Crippen molar-refractivity contribution in [2.45, 2.75) is 26.3 Å². The summed E-state index contributed by atoms with van der Waals surface area (Å²) in [4.78, 5) is 14.4.